The van der Waals surface area contributed by atoms with E-state index < -0.39 is 28.0 Å². The number of Topliss-reactive ketones (excluding diaryl/α,β-unsaturated/α-hetero) is 1. The molecule has 3 rings (SSSR count). The molecule has 1 fully saturated rings. The molecule has 0 N–H and O–H groups in total. The number of carbonyl (C=O) groups excluding carboxylic acids is 2. The molecule has 0 aliphatic carbocycles. The first-order valence-electron chi connectivity index (χ1n) is 9.55. The number of aryl methyl sites for hydroxylation is 2. The Morgan fingerprint density at radius 1 is 1.21 bits per heavy atom. The maximum absolute atomic E-state index is 12.7. The quantitative estimate of drug-likeness (QED) is 0.512. The van der Waals surface area contributed by atoms with Crippen molar-refractivity contribution in [3.8, 4) is 0 Å². The molecule has 0 spiro atoms. The van der Waals surface area contributed by atoms with Crippen LogP contribution in [0.5, 0.6) is 0 Å². The van der Waals surface area contributed by atoms with Crippen molar-refractivity contribution < 1.29 is 22.7 Å². The van der Waals surface area contributed by atoms with Gasteiger partial charge in [0.25, 0.3) is 10.0 Å². The van der Waals surface area contributed by atoms with Gasteiger partial charge in [0.05, 0.1) is 5.92 Å². The molecule has 0 unspecified atom stereocenters. The highest BCUT2D eigenvalue weighted by atomic mass is 32.2. The number of carbonyl (C=O) groups is 2. The average Bonchev–Trinajstić information content (AvgIpc) is 3.25. The first kappa shape index (κ1) is 21.7. The van der Waals surface area contributed by atoms with E-state index in [0.29, 0.717) is 24.9 Å². The van der Waals surface area contributed by atoms with Gasteiger partial charge in [0.15, 0.2) is 6.10 Å². The number of benzene rings is 1. The zero-order chi connectivity index (χ0) is 21.2. The molecule has 1 aliphatic heterocycles. The minimum Gasteiger partial charge on any atom is -0.454 e. The Balaban J connectivity index is 1.65. The lowest BCUT2D eigenvalue weighted by Gasteiger charge is -2.30. The summed E-state index contributed by atoms with van der Waals surface area (Å²) < 4.78 is 32.5. The van der Waals surface area contributed by atoms with Gasteiger partial charge in [-0.25, -0.2) is 8.42 Å². The molecule has 1 aliphatic rings. The molecule has 29 heavy (non-hydrogen) atoms. The van der Waals surface area contributed by atoms with Crippen LogP contribution in [0.3, 0.4) is 0 Å². The second-order valence-corrected chi connectivity index (χ2v) is 10.5. The van der Waals surface area contributed by atoms with E-state index in [-0.39, 0.29) is 16.5 Å². The van der Waals surface area contributed by atoms with Gasteiger partial charge in [0.1, 0.15) is 4.21 Å². The highest BCUT2D eigenvalue weighted by molar-refractivity contribution is 7.91. The Morgan fingerprint density at radius 3 is 2.62 bits per heavy atom. The predicted octanol–water partition coefficient (Wildman–Crippen LogP) is 3.58. The van der Waals surface area contributed by atoms with Gasteiger partial charge in [0.2, 0.25) is 5.78 Å². The number of rotatable bonds is 6. The maximum atomic E-state index is 12.7. The molecular formula is C21H25NO5S2. The van der Waals surface area contributed by atoms with Crippen LogP contribution in [-0.2, 0) is 19.6 Å². The van der Waals surface area contributed by atoms with E-state index in [1.54, 1.807) is 36.6 Å². The van der Waals surface area contributed by atoms with Crippen LogP contribution in [0.15, 0.2) is 39.9 Å². The van der Waals surface area contributed by atoms with E-state index in [1.807, 2.05) is 19.9 Å². The molecule has 0 saturated carbocycles. The number of sulfonamides is 1. The lowest BCUT2D eigenvalue weighted by Crippen LogP contribution is -2.43. The lowest BCUT2D eigenvalue weighted by molar-refractivity contribution is -0.152. The summed E-state index contributed by atoms with van der Waals surface area (Å²) in [6, 6.07) is 8.63. The molecule has 8 heteroatoms. The van der Waals surface area contributed by atoms with Gasteiger partial charge in [-0.3, -0.25) is 9.59 Å². The maximum Gasteiger partial charge on any atom is 0.310 e. The smallest absolute Gasteiger partial charge is 0.310 e. The number of thiophene rings is 1. The number of hydrogen-bond donors (Lipinski definition) is 0. The molecule has 0 radical (unpaired) electrons. The minimum atomic E-state index is -3.60. The first-order chi connectivity index (χ1) is 13.7. The van der Waals surface area contributed by atoms with Crippen LogP contribution in [0.25, 0.3) is 0 Å². The van der Waals surface area contributed by atoms with Gasteiger partial charge in [-0.05, 0) is 62.3 Å². The van der Waals surface area contributed by atoms with Gasteiger partial charge in [0, 0.05) is 18.7 Å². The van der Waals surface area contributed by atoms with Crippen LogP contribution < -0.4 is 0 Å². The van der Waals surface area contributed by atoms with E-state index in [9.17, 15) is 18.0 Å². The Kier molecular flexibility index (Phi) is 6.55. The monoisotopic (exact) mass is 435 g/mol. The highest BCUT2D eigenvalue weighted by Crippen LogP contribution is 2.27. The van der Waals surface area contributed by atoms with Crippen LogP contribution >= 0.6 is 11.3 Å². The van der Waals surface area contributed by atoms with Crippen LogP contribution in [0, 0.1) is 19.8 Å². The third-order valence-corrected chi connectivity index (χ3v) is 8.50. The van der Waals surface area contributed by atoms with Gasteiger partial charge in [-0.1, -0.05) is 18.2 Å². The molecule has 156 valence electrons. The number of piperidine rings is 1. The standard InChI is InChI=1S/C21H25NO5S2/c1-14-8-9-17(12-15(14)2)20(23)16(3)27-21(24)18-6-4-10-22(13-18)29(25,26)19-7-5-11-28-19/h5,7-9,11-12,16,18H,4,6,10,13H2,1-3H3/t16-,18+/m1/s1. The molecule has 2 aromatic rings. The Morgan fingerprint density at radius 2 is 1.97 bits per heavy atom. The lowest BCUT2D eigenvalue weighted by atomic mass is 9.99. The number of ether oxygens (including phenoxy) is 1. The highest BCUT2D eigenvalue weighted by Gasteiger charge is 2.35. The topological polar surface area (TPSA) is 80.8 Å². The van der Waals surface area contributed by atoms with Crippen molar-refractivity contribution in [2.24, 2.45) is 5.92 Å². The Hall–Kier alpha value is -2.03. The molecule has 1 aromatic carbocycles. The van der Waals surface area contributed by atoms with Crippen molar-refractivity contribution in [1.82, 2.24) is 4.31 Å². The largest absolute Gasteiger partial charge is 0.454 e. The molecular weight excluding hydrogens is 410 g/mol. The van der Waals surface area contributed by atoms with Gasteiger partial charge >= 0.3 is 5.97 Å². The van der Waals surface area contributed by atoms with E-state index in [4.69, 9.17) is 4.74 Å². The van der Waals surface area contributed by atoms with E-state index >= 15 is 0 Å². The van der Waals surface area contributed by atoms with Crippen molar-refractivity contribution in [2.45, 2.75) is 43.9 Å². The number of esters is 1. The molecule has 1 aromatic heterocycles. The predicted molar refractivity (Wildman–Crippen MR) is 112 cm³/mol. The molecule has 0 bridgehead atoms. The first-order valence-corrected chi connectivity index (χ1v) is 11.9. The summed E-state index contributed by atoms with van der Waals surface area (Å²) in [6.45, 7) is 5.89. The zero-order valence-corrected chi connectivity index (χ0v) is 18.4. The van der Waals surface area contributed by atoms with Crippen molar-refractivity contribution >= 4 is 33.1 Å². The molecule has 0 amide bonds. The van der Waals surface area contributed by atoms with Crippen LogP contribution in [-0.4, -0.2) is 43.7 Å². The van der Waals surface area contributed by atoms with Gasteiger partial charge < -0.3 is 4.74 Å². The van der Waals surface area contributed by atoms with Crippen molar-refractivity contribution in [1.29, 1.82) is 0 Å². The molecule has 6 nitrogen and oxygen atoms in total. The summed E-state index contributed by atoms with van der Waals surface area (Å²) in [7, 11) is -3.60. The van der Waals surface area contributed by atoms with Gasteiger partial charge in [-0.2, -0.15) is 4.31 Å². The van der Waals surface area contributed by atoms with Gasteiger partial charge in [-0.15, -0.1) is 11.3 Å². The van der Waals surface area contributed by atoms with Crippen molar-refractivity contribution in [3.05, 3.63) is 52.4 Å². The average molecular weight is 436 g/mol. The third kappa shape index (κ3) is 4.76. The second-order valence-electron chi connectivity index (χ2n) is 7.38. The van der Waals surface area contributed by atoms with Crippen LogP contribution in [0.4, 0.5) is 0 Å². The van der Waals surface area contributed by atoms with Crippen LogP contribution in [0.1, 0.15) is 41.3 Å². The SMILES string of the molecule is Cc1ccc(C(=O)[C@@H](C)OC(=O)[C@H]2CCCN(S(=O)(=O)c3cccs3)C2)cc1C. The van der Waals surface area contributed by atoms with E-state index in [0.717, 1.165) is 22.5 Å². The molecule has 1 saturated heterocycles. The van der Waals surface area contributed by atoms with Crippen molar-refractivity contribution in [2.75, 3.05) is 13.1 Å². The molecule has 2 heterocycles. The zero-order valence-electron chi connectivity index (χ0n) is 16.8. The Bertz CT molecular complexity index is 998. The second kappa shape index (κ2) is 8.77. The fourth-order valence-electron chi connectivity index (χ4n) is 3.34. The summed E-state index contributed by atoms with van der Waals surface area (Å²) >= 11 is 1.16. The van der Waals surface area contributed by atoms with E-state index in [1.165, 1.54) is 4.31 Å². The summed E-state index contributed by atoms with van der Waals surface area (Å²) in [4.78, 5) is 25.3. The van der Waals surface area contributed by atoms with E-state index in [2.05, 4.69) is 0 Å². The normalized spacial score (nSPS) is 18.9. The molecule has 2 atom stereocenters. The fraction of sp³-hybridized carbons (Fsp3) is 0.429. The number of nitrogens with zero attached hydrogens (tertiary/aromatic N) is 1. The minimum absolute atomic E-state index is 0.0730. The third-order valence-electron chi connectivity index (χ3n) is 5.26. The number of ketones is 1. The van der Waals surface area contributed by atoms with Crippen LogP contribution in [0.2, 0.25) is 0 Å². The summed E-state index contributed by atoms with van der Waals surface area (Å²) in [5.41, 5.74) is 2.58. The summed E-state index contributed by atoms with van der Waals surface area (Å²) in [6.07, 6.45) is 0.192. The number of hydrogen-bond acceptors (Lipinski definition) is 6. The summed E-state index contributed by atoms with van der Waals surface area (Å²) in [5.74, 6) is -1.37. The summed E-state index contributed by atoms with van der Waals surface area (Å²) in [5, 5.41) is 1.71. The Labute approximate surface area is 175 Å². The fourth-order valence-corrected chi connectivity index (χ4v) is 6.01. The van der Waals surface area contributed by atoms with Crippen molar-refractivity contribution in [3.63, 3.8) is 0 Å².